The normalized spacial score (nSPS) is 17.7. The van der Waals surface area contributed by atoms with Gasteiger partial charge in [0.05, 0.1) is 17.1 Å². The molecule has 0 saturated heterocycles. The van der Waals surface area contributed by atoms with Gasteiger partial charge in [0, 0.05) is 55.0 Å². The third-order valence-corrected chi connectivity index (χ3v) is 12.4. The first-order valence-electron chi connectivity index (χ1n) is 17.5. The van der Waals surface area contributed by atoms with Crippen LogP contribution in [-0.4, -0.2) is 19.0 Å². The Hall–Kier alpha value is -5.71. The fourth-order valence-corrected chi connectivity index (χ4v) is 10.1. The fraction of sp³-hybridized carbons (Fsp3) is 0.109. The maximum atomic E-state index is 5.90. The predicted octanol–water partition coefficient (Wildman–Crippen LogP) is 12.3. The smallest absolute Gasteiger partial charge is 0.203 e. The van der Waals surface area contributed by atoms with Crippen LogP contribution in [0.2, 0.25) is 0 Å². The SMILES string of the molecule is CC1CC=Cc2c1ccc1c2C(c2cccc3ccccc23)=NC(N2c3ccccc3-c3cccc4c3c2cc2sc3ccccc3c24)N1C. The van der Waals surface area contributed by atoms with Gasteiger partial charge in [0.25, 0.3) is 0 Å². The molecule has 3 aliphatic rings. The molecule has 0 N–H and O–H groups in total. The number of hydrogen-bond donors (Lipinski definition) is 0. The highest BCUT2D eigenvalue weighted by molar-refractivity contribution is 7.26. The van der Waals surface area contributed by atoms with Crippen LogP contribution >= 0.6 is 11.3 Å². The van der Waals surface area contributed by atoms with Gasteiger partial charge in [-0.1, -0.05) is 122 Å². The van der Waals surface area contributed by atoms with Gasteiger partial charge in [-0.3, -0.25) is 0 Å². The number of hydrogen-bond acceptors (Lipinski definition) is 4. The van der Waals surface area contributed by atoms with Crippen molar-refractivity contribution in [2.24, 2.45) is 4.99 Å². The molecule has 3 nitrogen and oxygen atoms in total. The average molecular weight is 660 g/mol. The number of allylic oxidation sites excluding steroid dienone is 1. The van der Waals surface area contributed by atoms with Crippen molar-refractivity contribution in [2.45, 2.75) is 25.6 Å². The molecule has 0 spiro atoms. The maximum Gasteiger partial charge on any atom is 0.203 e. The highest BCUT2D eigenvalue weighted by Crippen LogP contribution is 2.54. The molecule has 0 saturated carbocycles. The molecule has 3 heterocycles. The van der Waals surface area contributed by atoms with Crippen LogP contribution in [0.5, 0.6) is 0 Å². The first-order valence-corrected chi connectivity index (χ1v) is 18.4. The van der Waals surface area contributed by atoms with Crippen molar-refractivity contribution in [1.82, 2.24) is 0 Å². The molecule has 2 aliphatic heterocycles. The lowest BCUT2D eigenvalue weighted by Gasteiger charge is -2.45. The topological polar surface area (TPSA) is 18.8 Å². The van der Waals surface area contributed by atoms with Crippen molar-refractivity contribution in [3.63, 3.8) is 0 Å². The summed E-state index contributed by atoms with van der Waals surface area (Å²) in [6.45, 7) is 2.34. The van der Waals surface area contributed by atoms with Crippen LogP contribution in [0.3, 0.4) is 0 Å². The number of aliphatic imine (C=N–C) groups is 1. The lowest BCUT2D eigenvalue weighted by Crippen LogP contribution is -2.47. The minimum absolute atomic E-state index is 0.316. The van der Waals surface area contributed by atoms with E-state index < -0.39 is 0 Å². The molecule has 1 aromatic heterocycles. The minimum Gasteiger partial charge on any atom is -0.335 e. The Morgan fingerprint density at radius 2 is 1.38 bits per heavy atom. The summed E-state index contributed by atoms with van der Waals surface area (Å²) >= 11 is 1.89. The van der Waals surface area contributed by atoms with Crippen LogP contribution in [0.15, 0.2) is 138 Å². The van der Waals surface area contributed by atoms with Gasteiger partial charge in [-0.05, 0) is 69.5 Å². The van der Waals surface area contributed by atoms with Gasteiger partial charge in [-0.25, -0.2) is 4.99 Å². The molecular formula is C46H33N3S. The van der Waals surface area contributed by atoms with E-state index in [4.69, 9.17) is 4.99 Å². The van der Waals surface area contributed by atoms with E-state index in [-0.39, 0.29) is 6.29 Å². The van der Waals surface area contributed by atoms with E-state index in [0.717, 1.165) is 12.1 Å². The second-order valence-corrected chi connectivity index (χ2v) is 15.0. The Bertz CT molecular complexity index is 2800. The molecular weight excluding hydrogens is 627 g/mol. The quantitative estimate of drug-likeness (QED) is 0.184. The molecule has 50 heavy (non-hydrogen) atoms. The second kappa shape index (κ2) is 10.4. The first kappa shape index (κ1) is 28.2. The Morgan fingerprint density at radius 1 is 0.640 bits per heavy atom. The molecule has 7 aromatic carbocycles. The summed E-state index contributed by atoms with van der Waals surface area (Å²) in [5.41, 5.74) is 12.3. The van der Waals surface area contributed by atoms with Crippen LogP contribution in [0.1, 0.15) is 41.5 Å². The van der Waals surface area contributed by atoms with E-state index in [2.05, 4.69) is 163 Å². The summed E-state index contributed by atoms with van der Waals surface area (Å²) < 4.78 is 2.63. The largest absolute Gasteiger partial charge is 0.335 e. The minimum atomic E-state index is -0.316. The Morgan fingerprint density at radius 3 is 2.32 bits per heavy atom. The van der Waals surface area contributed by atoms with Crippen molar-refractivity contribution in [2.75, 3.05) is 16.8 Å². The number of anilines is 3. The molecule has 11 rings (SSSR count). The van der Waals surface area contributed by atoms with Gasteiger partial charge < -0.3 is 9.80 Å². The molecule has 2 unspecified atom stereocenters. The third kappa shape index (κ3) is 3.77. The molecule has 2 atom stereocenters. The first-order chi connectivity index (χ1) is 24.7. The number of fused-ring (bicyclic) bond motifs is 10. The average Bonchev–Trinajstić information content (AvgIpc) is 3.54. The summed E-state index contributed by atoms with van der Waals surface area (Å²) in [5.74, 6) is 0.462. The molecule has 0 radical (unpaired) electrons. The summed E-state index contributed by atoms with van der Waals surface area (Å²) in [7, 11) is 2.23. The van der Waals surface area contributed by atoms with Gasteiger partial charge >= 0.3 is 0 Å². The molecule has 1 aliphatic carbocycles. The van der Waals surface area contributed by atoms with E-state index in [0.29, 0.717) is 5.92 Å². The Labute approximate surface area is 295 Å². The molecule has 0 bridgehead atoms. The zero-order valence-electron chi connectivity index (χ0n) is 27.9. The van der Waals surface area contributed by atoms with Crippen LogP contribution < -0.4 is 9.80 Å². The van der Waals surface area contributed by atoms with Gasteiger partial charge in [0.15, 0.2) is 0 Å². The molecule has 238 valence electrons. The van der Waals surface area contributed by atoms with Gasteiger partial charge in [-0.2, -0.15) is 0 Å². The monoisotopic (exact) mass is 659 g/mol. The van der Waals surface area contributed by atoms with Crippen LogP contribution in [0.25, 0.3) is 58.9 Å². The zero-order valence-corrected chi connectivity index (χ0v) is 28.7. The van der Waals surface area contributed by atoms with Crippen molar-refractivity contribution >= 4 is 81.9 Å². The fourth-order valence-electron chi connectivity index (χ4n) is 8.93. The third-order valence-electron chi connectivity index (χ3n) is 11.2. The van der Waals surface area contributed by atoms with Crippen molar-refractivity contribution in [3.05, 3.63) is 156 Å². The van der Waals surface area contributed by atoms with E-state index in [1.165, 1.54) is 92.2 Å². The lowest BCUT2D eigenvalue weighted by atomic mass is 9.81. The van der Waals surface area contributed by atoms with E-state index in [1.807, 2.05) is 11.3 Å². The number of nitrogens with zero attached hydrogens (tertiary/aromatic N) is 3. The molecule has 8 aromatic rings. The highest BCUT2D eigenvalue weighted by atomic mass is 32.1. The van der Waals surface area contributed by atoms with Gasteiger partial charge in [0.1, 0.15) is 0 Å². The summed E-state index contributed by atoms with van der Waals surface area (Å²) in [5, 5.41) is 7.73. The highest BCUT2D eigenvalue weighted by Gasteiger charge is 2.38. The molecule has 4 heteroatoms. The molecule has 0 amide bonds. The Kier molecular flexibility index (Phi) is 5.86. The maximum absolute atomic E-state index is 5.90. The number of thiophene rings is 1. The van der Waals surface area contributed by atoms with Crippen molar-refractivity contribution in [1.29, 1.82) is 0 Å². The van der Waals surface area contributed by atoms with Gasteiger partial charge in [-0.15, -0.1) is 11.3 Å². The van der Waals surface area contributed by atoms with Crippen LogP contribution in [-0.2, 0) is 0 Å². The Balaban J connectivity index is 1.24. The van der Waals surface area contributed by atoms with Crippen molar-refractivity contribution in [3.8, 4) is 11.1 Å². The van der Waals surface area contributed by atoms with Gasteiger partial charge in [0.2, 0.25) is 6.29 Å². The van der Waals surface area contributed by atoms with Crippen molar-refractivity contribution < 1.29 is 0 Å². The van der Waals surface area contributed by atoms with Crippen LogP contribution in [0, 0.1) is 0 Å². The summed E-state index contributed by atoms with van der Waals surface area (Å²) in [6, 6.07) is 47.2. The predicted molar refractivity (Wildman–Crippen MR) is 215 cm³/mol. The van der Waals surface area contributed by atoms with E-state index in [9.17, 15) is 0 Å². The van der Waals surface area contributed by atoms with Crippen LogP contribution in [0.4, 0.5) is 17.1 Å². The zero-order chi connectivity index (χ0) is 33.1. The summed E-state index contributed by atoms with van der Waals surface area (Å²) in [6.07, 6.45) is 5.43. The number of rotatable bonds is 2. The molecule has 0 fully saturated rings. The van der Waals surface area contributed by atoms with E-state index in [1.54, 1.807) is 0 Å². The summed E-state index contributed by atoms with van der Waals surface area (Å²) in [4.78, 5) is 10.8. The number of benzene rings is 7. The standard InChI is InChI=1S/C46H33N3S/c1-27-12-9-18-32-29(27)24-25-38-44(32)45(34-20-10-14-28-13-3-4-15-30(28)34)47-46(48(38)2)49-37-22-7-5-16-31(37)33-19-11-21-36-42(33)39(49)26-41-43(36)35-17-6-8-23-40(35)50-41/h3-11,13-27,46H,12H2,1-2H3. The lowest BCUT2D eigenvalue weighted by molar-refractivity contribution is 0.659. The number of para-hydroxylation sites is 1. The second-order valence-electron chi connectivity index (χ2n) is 13.9. The van der Waals surface area contributed by atoms with E-state index >= 15 is 0 Å².